The number of nitrogens with two attached hydrogens (primary N) is 1. The summed E-state index contributed by atoms with van der Waals surface area (Å²) in [5.74, 6) is -1.14. The molecule has 0 heterocycles. The minimum Gasteiger partial charge on any atom is -0.501 e. The summed E-state index contributed by atoms with van der Waals surface area (Å²) >= 11 is 0. The lowest BCUT2D eigenvalue weighted by Gasteiger charge is -1.97. The molecule has 0 atom stereocenters. The Morgan fingerprint density at radius 2 is 2.09 bits per heavy atom. The molecular formula is C7H11NO3. The predicted octanol–water partition coefficient (Wildman–Crippen LogP) is -0.0189. The van der Waals surface area contributed by atoms with E-state index in [2.05, 4.69) is 0 Å². The van der Waals surface area contributed by atoms with Gasteiger partial charge in [-0.05, 0) is 13.8 Å². The SMILES string of the molecule is CCOC=C(C(C)=O)C(N)=O. The summed E-state index contributed by atoms with van der Waals surface area (Å²) in [6, 6.07) is 0. The van der Waals surface area contributed by atoms with Crippen LogP contribution in [-0.2, 0) is 14.3 Å². The molecular weight excluding hydrogens is 146 g/mol. The average molecular weight is 157 g/mol. The maximum atomic E-state index is 10.6. The third-order valence-electron chi connectivity index (χ3n) is 1.01. The molecule has 0 aliphatic heterocycles. The summed E-state index contributed by atoms with van der Waals surface area (Å²) in [6.07, 6.45) is 1.09. The van der Waals surface area contributed by atoms with Crippen LogP contribution in [0.4, 0.5) is 0 Å². The third kappa shape index (κ3) is 3.40. The Morgan fingerprint density at radius 3 is 2.36 bits per heavy atom. The highest BCUT2D eigenvalue weighted by Crippen LogP contribution is 1.95. The van der Waals surface area contributed by atoms with Crippen molar-refractivity contribution in [2.45, 2.75) is 13.8 Å². The van der Waals surface area contributed by atoms with Gasteiger partial charge in [0.1, 0.15) is 5.57 Å². The Kier molecular flexibility index (Phi) is 3.95. The van der Waals surface area contributed by atoms with E-state index >= 15 is 0 Å². The molecule has 1 amide bonds. The van der Waals surface area contributed by atoms with Gasteiger partial charge in [0.2, 0.25) is 0 Å². The van der Waals surface area contributed by atoms with Crippen LogP contribution < -0.4 is 5.73 Å². The largest absolute Gasteiger partial charge is 0.501 e. The number of carbonyl (C=O) groups excluding carboxylic acids is 2. The van der Waals surface area contributed by atoms with Gasteiger partial charge in [-0.1, -0.05) is 0 Å². The first-order chi connectivity index (χ1) is 5.09. The molecule has 0 saturated carbocycles. The Bertz CT molecular complexity index is 180. The molecule has 0 aliphatic carbocycles. The average Bonchev–Trinajstić information content (AvgIpc) is 1.87. The lowest BCUT2D eigenvalue weighted by molar-refractivity contribution is -0.120. The van der Waals surface area contributed by atoms with Crippen LogP contribution in [0, 0.1) is 0 Å². The van der Waals surface area contributed by atoms with Gasteiger partial charge in [0.15, 0.2) is 5.78 Å². The van der Waals surface area contributed by atoms with Gasteiger partial charge < -0.3 is 10.5 Å². The van der Waals surface area contributed by atoms with Gasteiger partial charge in [-0.15, -0.1) is 0 Å². The number of ketones is 1. The standard InChI is InChI=1S/C7H11NO3/c1-3-11-4-6(5(2)9)7(8)10/h4H,3H2,1-2H3,(H2,8,10). The van der Waals surface area contributed by atoms with Crippen molar-refractivity contribution in [2.24, 2.45) is 5.73 Å². The number of carbonyl (C=O) groups is 2. The second kappa shape index (κ2) is 4.49. The molecule has 0 aromatic carbocycles. The van der Waals surface area contributed by atoms with Gasteiger partial charge in [0, 0.05) is 0 Å². The quantitative estimate of drug-likeness (QED) is 0.270. The van der Waals surface area contributed by atoms with E-state index in [1.165, 1.54) is 6.92 Å². The van der Waals surface area contributed by atoms with Gasteiger partial charge in [0.25, 0.3) is 5.91 Å². The molecule has 4 heteroatoms. The second-order valence-electron chi connectivity index (χ2n) is 1.91. The van der Waals surface area contributed by atoms with Crippen molar-refractivity contribution in [1.29, 1.82) is 0 Å². The molecule has 0 unspecified atom stereocenters. The Labute approximate surface area is 65.0 Å². The Morgan fingerprint density at radius 1 is 1.55 bits per heavy atom. The minimum atomic E-state index is -0.758. The number of ether oxygens (including phenoxy) is 1. The number of hydrogen-bond acceptors (Lipinski definition) is 3. The van der Waals surface area contributed by atoms with Crippen molar-refractivity contribution >= 4 is 11.7 Å². The topological polar surface area (TPSA) is 69.4 Å². The summed E-state index contributed by atoms with van der Waals surface area (Å²) in [7, 11) is 0. The van der Waals surface area contributed by atoms with Gasteiger partial charge in [-0.25, -0.2) is 0 Å². The fourth-order valence-corrected chi connectivity index (χ4v) is 0.481. The van der Waals surface area contributed by atoms with E-state index in [9.17, 15) is 9.59 Å². The summed E-state index contributed by atoms with van der Waals surface area (Å²) in [5, 5.41) is 0. The summed E-state index contributed by atoms with van der Waals surface area (Å²) in [5.41, 5.74) is 4.77. The van der Waals surface area contributed by atoms with Crippen molar-refractivity contribution in [3.05, 3.63) is 11.8 Å². The second-order valence-corrected chi connectivity index (χ2v) is 1.91. The van der Waals surface area contributed by atoms with Crippen LogP contribution in [0.25, 0.3) is 0 Å². The van der Waals surface area contributed by atoms with Gasteiger partial charge in [-0.3, -0.25) is 9.59 Å². The van der Waals surface area contributed by atoms with Gasteiger partial charge in [-0.2, -0.15) is 0 Å². The molecule has 0 bridgehead atoms. The van der Waals surface area contributed by atoms with Crippen LogP contribution in [0.5, 0.6) is 0 Å². The zero-order valence-electron chi connectivity index (χ0n) is 6.59. The Balaban J connectivity index is 4.33. The van der Waals surface area contributed by atoms with Crippen molar-refractivity contribution in [2.75, 3.05) is 6.61 Å². The van der Waals surface area contributed by atoms with Crippen LogP contribution >= 0.6 is 0 Å². The highest BCUT2D eigenvalue weighted by atomic mass is 16.5. The van der Waals surface area contributed by atoms with E-state index in [1.807, 2.05) is 0 Å². The van der Waals surface area contributed by atoms with Crippen LogP contribution in [0.15, 0.2) is 11.8 Å². The predicted molar refractivity (Wildman–Crippen MR) is 39.6 cm³/mol. The van der Waals surface area contributed by atoms with E-state index in [1.54, 1.807) is 6.92 Å². The van der Waals surface area contributed by atoms with Crippen molar-refractivity contribution in [3.8, 4) is 0 Å². The summed E-state index contributed by atoms with van der Waals surface area (Å²) < 4.78 is 4.73. The first-order valence-electron chi connectivity index (χ1n) is 3.22. The normalized spacial score (nSPS) is 10.9. The van der Waals surface area contributed by atoms with E-state index in [0.717, 1.165) is 6.26 Å². The highest BCUT2D eigenvalue weighted by molar-refractivity contribution is 6.17. The maximum Gasteiger partial charge on any atom is 0.255 e. The molecule has 0 rings (SSSR count). The minimum absolute atomic E-state index is 0.105. The molecule has 11 heavy (non-hydrogen) atoms. The zero-order chi connectivity index (χ0) is 8.85. The van der Waals surface area contributed by atoms with E-state index in [0.29, 0.717) is 6.61 Å². The molecule has 62 valence electrons. The smallest absolute Gasteiger partial charge is 0.255 e. The monoisotopic (exact) mass is 157 g/mol. The number of primary amides is 1. The molecule has 0 fully saturated rings. The molecule has 0 aromatic rings. The van der Waals surface area contributed by atoms with Crippen LogP contribution in [0.1, 0.15) is 13.8 Å². The van der Waals surface area contributed by atoms with Crippen LogP contribution in [0.3, 0.4) is 0 Å². The van der Waals surface area contributed by atoms with E-state index < -0.39 is 5.91 Å². The van der Waals surface area contributed by atoms with Crippen molar-refractivity contribution in [1.82, 2.24) is 0 Å². The third-order valence-corrected chi connectivity index (χ3v) is 1.01. The first-order valence-corrected chi connectivity index (χ1v) is 3.22. The number of amides is 1. The lowest BCUT2D eigenvalue weighted by Crippen LogP contribution is -2.19. The van der Waals surface area contributed by atoms with Gasteiger partial charge >= 0.3 is 0 Å². The zero-order valence-corrected chi connectivity index (χ0v) is 6.59. The van der Waals surface area contributed by atoms with Crippen LogP contribution in [0.2, 0.25) is 0 Å². The summed E-state index contributed by atoms with van der Waals surface area (Å²) in [4.78, 5) is 21.1. The maximum absolute atomic E-state index is 10.6. The lowest BCUT2D eigenvalue weighted by atomic mass is 10.2. The number of Topliss-reactive ketones (excluding diaryl/α,β-unsaturated/α-hetero) is 1. The van der Waals surface area contributed by atoms with Crippen LogP contribution in [-0.4, -0.2) is 18.3 Å². The molecule has 2 N–H and O–H groups in total. The molecule has 0 aliphatic rings. The summed E-state index contributed by atoms with van der Waals surface area (Å²) in [6.45, 7) is 3.41. The first kappa shape index (κ1) is 9.68. The fourth-order valence-electron chi connectivity index (χ4n) is 0.481. The highest BCUT2D eigenvalue weighted by Gasteiger charge is 2.09. The molecule has 0 aromatic heterocycles. The fraction of sp³-hybridized carbons (Fsp3) is 0.429. The van der Waals surface area contributed by atoms with Crippen molar-refractivity contribution < 1.29 is 14.3 Å². The number of rotatable bonds is 4. The molecule has 0 spiro atoms. The van der Waals surface area contributed by atoms with E-state index in [4.69, 9.17) is 10.5 Å². The Hall–Kier alpha value is -1.32. The van der Waals surface area contributed by atoms with E-state index in [-0.39, 0.29) is 11.4 Å². The molecule has 0 saturated heterocycles. The molecule has 0 radical (unpaired) electrons. The van der Waals surface area contributed by atoms with Gasteiger partial charge in [0.05, 0.1) is 12.9 Å². The van der Waals surface area contributed by atoms with Crippen molar-refractivity contribution in [3.63, 3.8) is 0 Å². The number of hydrogen-bond donors (Lipinski definition) is 1. The molecule has 4 nitrogen and oxygen atoms in total.